The molecule has 0 radical (unpaired) electrons. The van der Waals surface area contributed by atoms with Crippen molar-refractivity contribution < 1.29 is 27.7 Å². The van der Waals surface area contributed by atoms with Crippen molar-refractivity contribution in [1.82, 2.24) is 0 Å². The van der Waals surface area contributed by atoms with Crippen molar-refractivity contribution >= 4 is 33.3 Å². The van der Waals surface area contributed by atoms with Crippen molar-refractivity contribution in [2.75, 3.05) is 16.2 Å². The molecular weight excluding hydrogens is 312 g/mol. The molecule has 0 aliphatic rings. The van der Waals surface area contributed by atoms with Crippen molar-refractivity contribution in [1.29, 1.82) is 0 Å². The zero-order valence-corrected chi connectivity index (χ0v) is 13.6. The third-order valence-electron chi connectivity index (χ3n) is 2.42. The van der Waals surface area contributed by atoms with Gasteiger partial charge < -0.3 is 9.68 Å². The Morgan fingerprint density at radius 3 is 2.14 bits per heavy atom. The molecule has 0 spiro atoms. The topological polar surface area (TPSA) is 102 Å². The zero-order valence-electron chi connectivity index (χ0n) is 12.7. The van der Waals surface area contributed by atoms with Crippen molar-refractivity contribution in [3.63, 3.8) is 0 Å². The highest BCUT2D eigenvalue weighted by Crippen LogP contribution is 2.29. The summed E-state index contributed by atoms with van der Waals surface area (Å²) < 4.78 is 25.2. The summed E-state index contributed by atoms with van der Waals surface area (Å²) in [7, 11) is -3.48. The number of carbonyl (C=O) groups excluding carboxylic acids is 2. The summed E-state index contributed by atoms with van der Waals surface area (Å²) in [5.74, 6) is -1.38. The Morgan fingerprint density at radius 2 is 1.73 bits per heavy atom. The first-order chi connectivity index (χ1) is 10.1. The van der Waals surface area contributed by atoms with Crippen molar-refractivity contribution in [2.45, 2.75) is 27.2 Å². The number of hydrogen-bond donors (Lipinski definition) is 1. The summed E-state index contributed by atoms with van der Waals surface area (Å²) in [6.45, 7) is 4.09. The SMILES string of the molecule is CCc1c(NS(C)(=O)=O)cccc1N(OC(C)=O)OC(C)=O. The van der Waals surface area contributed by atoms with Gasteiger partial charge in [-0.15, -0.1) is 0 Å². The molecule has 1 N–H and O–H groups in total. The predicted molar refractivity (Wildman–Crippen MR) is 80.3 cm³/mol. The van der Waals surface area contributed by atoms with E-state index in [0.29, 0.717) is 22.9 Å². The summed E-state index contributed by atoms with van der Waals surface area (Å²) in [6.07, 6.45) is 1.43. The van der Waals surface area contributed by atoms with Crippen LogP contribution in [-0.4, -0.2) is 26.6 Å². The van der Waals surface area contributed by atoms with Crippen LogP contribution < -0.4 is 9.95 Å². The van der Waals surface area contributed by atoms with Crippen LogP contribution in [0.15, 0.2) is 18.2 Å². The molecule has 0 saturated carbocycles. The lowest BCUT2D eigenvalue weighted by Gasteiger charge is -2.23. The molecule has 122 valence electrons. The van der Waals surface area contributed by atoms with E-state index in [4.69, 9.17) is 9.68 Å². The fourth-order valence-electron chi connectivity index (χ4n) is 1.76. The molecule has 0 unspecified atom stereocenters. The smallest absolute Gasteiger partial charge is 0.306 e. The third-order valence-corrected chi connectivity index (χ3v) is 3.01. The maximum Gasteiger partial charge on any atom is 0.333 e. The van der Waals surface area contributed by atoms with E-state index < -0.39 is 22.0 Å². The molecule has 9 heteroatoms. The molecule has 0 amide bonds. The number of anilines is 2. The Hall–Kier alpha value is -2.29. The molecule has 0 fully saturated rings. The van der Waals surface area contributed by atoms with Gasteiger partial charge in [-0.3, -0.25) is 4.72 Å². The second-order valence-corrected chi connectivity index (χ2v) is 6.20. The van der Waals surface area contributed by atoms with E-state index >= 15 is 0 Å². The van der Waals surface area contributed by atoms with Gasteiger partial charge in [-0.1, -0.05) is 13.0 Å². The summed E-state index contributed by atoms with van der Waals surface area (Å²) >= 11 is 0. The van der Waals surface area contributed by atoms with Crippen LogP contribution in [0.2, 0.25) is 0 Å². The number of carbonyl (C=O) groups is 2. The van der Waals surface area contributed by atoms with Crippen LogP contribution in [0, 0.1) is 0 Å². The molecule has 22 heavy (non-hydrogen) atoms. The van der Waals surface area contributed by atoms with E-state index in [1.54, 1.807) is 19.1 Å². The molecule has 1 aromatic carbocycles. The minimum Gasteiger partial charge on any atom is -0.306 e. The summed E-state index contributed by atoms with van der Waals surface area (Å²) in [5, 5.41) is 0.678. The molecule has 0 bridgehead atoms. The molecule has 0 aliphatic carbocycles. The second-order valence-electron chi connectivity index (χ2n) is 4.45. The van der Waals surface area contributed by atoms with Gasteiger partial charge >= 0.3 is 11.9 Å². The van der Waals surface area contributed by atoms with E-state index in [2.05, 4.69) is 4.72 Å². The minimum absolute atomic E-state index is 0.251. The first kappa shape index (κ1) is 17.8. The number of sulfonamides is 1. The average Bonchev–Trinajstić information content (AvgIpc) is 2.34. The van der Waals surface area contributed by atoms with Crippen molar-refractivity contribution in [2.24, 2.45) is 0 Å². The lowest BCUT2D eigenvalue weighted by atomic mass is 10.1. The van der Waals surface area contributed by atoms with Crippen LogP contribution in [0.1, 0.15) is 26.3 Å². The quantitative estimate of drug-likeness (QED) is 0.786. The van der Waals surface area contributed by atoms with Crippen LogP contribution in [-0.2, 0) is 35.7 Å². The molecule has 0 aliphatic heterocycles. The largest absolute Gasteiger partial charge is 0.333 e. The lowest BCUT2D eigenvalue weighted by molar-refractivity contribution is -0.171. The Kier molecular flexibility index (Phi) is 5.75. The fourth-order valence-corrected chi connectivity index (χ4v) is 2.35. The molecule has 0 heterocycles. The number of hydrogen-bond acceptors (Lipinski definition) is 7. The number of benzene rings is 1. The highest BCUT2D eigenvalue weighted by Gasteiger charge is 2.20. The Morgan fingerprint density at radius 1 is 1.18 bits per heavy atom. The monoisotopic (exact) mass is 330 g/mol. The average molecular weight is 330 g/mol. The standard InChI is InChI=1S/C13H18N2O6S/c1-5-11-12(14-22(4,18)19)7-6-8-13(11)15(20-9(2)16)21-10(3)17/h6-8,14H,5H2,1-4H3. The highest BCUT2D eigenvalue weighted by atomic mass is 32.2. The number of nitrogens with one attached hydrogen (secondary N) is 1. The van der Waals surface area contributed by atoms with E-state index in [9.17, 15) is 18.0 Å². The normalized spacial score (nSPS) is 10.7. The maximum atomic E-state index is 11.4. The van der Waals surface area contributed by atoms with Gasteiger partial charge in [0.15, 0.2) is 0 Å². The molecule has 1 rings (SSSR count). The van der Waals surface area contributed by atoms with Crippen LogP contribution in [0.4, 0.5) is 11.4 Å². The van der Waals surface area contributed by atoms with Crippen LogP contribution in [0.3, 0.4) is 0 Å². The zero-order chi connectivity index (χ0) is 16.9. The van der Waals surface area contributed by atoms with Crippen LogP contribution in [0.5, 0.6) is 0 Å². The third kappa shape index (κ3) is 5.24. The molecule has 8 nitrogen and oxygen atoms in total. The Labute approximate surface area is 129 Å². The Balaban J connectivity index is 3.33. The Bertz CT molecular complexity index is 655. The van der Waals surface area contributed by atoms with Crippen LogP contribution >= 0.6 is 0 Å². The first-order valence-corrected chi connectivity index (χ1v) is 8.30. The summed E-state index contributed by atoms with van der Waals surface area (Å²) in [6, 6.07) is 4.64. The van der Waals surface area contributed by atoms with Gasteiger partial charge in [0.2, 0.25) is 10.0 Å². The van der Waals surface area contributed by atoms with E-state index in [1.165, 1.54) is 6.07 Å². The van der Waals surface area contributed by atoms with Gasteiger partial charge in [0.25, 0.3) is 0 Å². The van der Waals surface area contributed by atoms with E-state index in [0.717, 1.165) is 20.1 Å². The van der Waals surface area contributed by atoms with Gasteiger partial charge in [0.05, 0.1) is 11.9 Å². The van der Waals surface area contributed by atoms with Gasteiger partial charge in [0, 0.05) is 19.4 Å². The lowest BCUT2D eigenvalue weighted by Crippen LogP contribution is -2.29. The fraction of sp³-hybridized carbons (Fsp3) is 0.385. The molecule has 0 aromatic heterocycles. The molecule has 1 aromatic rings. The van der Waals surface area contributed by atoms with Gasteiger partial charge in [-0.2, -0.15) is 0 Å². The van der Waals surface area contributed by atoms with Gasteiger partial charge in [-0.25, -0.2) is 18.0 Å². The van der Waals surface area contributed by atoms with E-state index in [-0.39, 0.29) is 5.69 Å². The highest BCUT2D eigenvalue weighted by molar-refractivity contribution is 7.92. The number of nitrogens with zero attached hydrogens (tertiary/aromatic N) is 1. The summed E-state index contributed by atoms with van der Waals surface area (Å²) in [5.41, 5.74) is 1.07. The first-order valence-electron chi connectivity index (χ1n) is 6.41. The van der Waals surface area contributed by atoms with Crippen molar-refractivity contribution in [3.8, 4) is 0 Å². The molecular formula is C13H18N2O6S. The predicted octanol–water partition coefficient (Wildman–Crippen LogP) is 1.38. The van der Waals surface area contributed by atoms with Gasteiger partial charge in [0.1, 0.15) is 5.69 Å². The van der Waals surface area contributed by atoms with E-state index in [1.807, 2.05) is 0 Å². The van der Waals surface area contributed by atoms with Gasteiger partial charge in [-0.05, 0) is 23.8 Å². The van der Waals surface area contributed by atoms with Crippen molar-refractivity contribution in [3.05, 3.63) is 23.8 Å². The molecule has 0 atom stereocenters. The minimum atomic E-state index is -3.48. The maximum absolute atomic E-state index is 11.4. The molecule has 0 saturated heterocycles. The van der Waals surface area contributed by atoms with Crippen LogP contribution in [0.25, 0.3) is 0 Å². The number of rotatable bonds is 6. The summed E-state index contributed by atoms with van der Waals surface area (Å²) in [4.78, 5) is 32.0. The second kappa shape index (κ2) is 7.12.